The number of hydrogen-bond acceptors (Lipinski definition) is 1. The van der Waals surface area contributed by atoms with Crippen LogP contribution >= 0.6 is 0 Å². The number of fused-ring (bicyclic) bond motifs is 2. The molecule has 2 bridgehead atoms. The summed E-state index contributed by atoms with van der Waals surface area (Å²) in [6, 6.07) is 0. The van der Waals surface area contributed by atoms with Crippen LogP contribution in [0.5, 0.6) is 0 Å². The molecular formula is C12H20O. The number of allylic oxidation sites excluding steroid dienone is 2. The van der Waals surface area contributed by atoms with Crippen LogP contribution in [0, 0.1) is 17.3 Å². The third kappa shape index (κ3) is 1.34. The quantitative estimate of drug-likeness (QED) is 0.593. The van der Waals surface area contributed by atoms with Crippen LogP contribution in [0.4, 0.5) is 0 Å². The van der Waals surface area contributed by atoms with Gasteiger partial charge in [-0.05, 0) is 38.0 Å². The zero-order valence-corrected chi connectivity index (χ0v) is 8.92. The Hall–Kier alpha value is -0.300. The van der Waals surface area contributed by atoms with E-state index in [0.29, 0.717) is 11.5 Å². The molecule has 3 aliphatic rings. The van der Waals surface area contributed by atoms with E-state index in [-0.39, 0.29) is 0 Å². The first kappa shape index (κ1) is 9.26. The highest BCUT2D eigenvalue weighted by Gasteiger charge is 2.44. The molecule has 0 spiro atoms. The molecule has 13 heavy (non-hydrogen) atoms. The van der Waals surface area contributed by atoms with E-state index in [9.17, 15) is 0 Å². The number of rotatable bonds is 2. The van der Waals surface area contributed by atoms with Gasteiger partial charge in [0.2, 0.25) is 0 Å². The molecule has 0 aromatic carbocycles. The molecule has 1 nitrogen and oxygen atoms in total. The summed E-state index contributed by atoms with van der Waals surface area (Å²) in [5, 5.41) is 0. The van der Waals surface area contributed by atoms with E-state index in [1.807, 2.05) is 7.11 Å². The van der Waals surface area contributed by atoms with E-state index >= 15 is 0 Å². The minimum atomic E-state index is 0.394. The minimum Gasteiger partial charge on any atom is -0.381 e. The predicted molar refractivity (Wildman–Crippen MR) is 54.5 cm³/mol. The van der Waals surface area contributed by atoms with Gasteiger partial charge in [0.15, 0.2) is 0 Å². The van der Waals surface area contributed by atoms with Gasteiger partial charge in [0, 0.05) is 12.5 Å². The summed E-state index contributed by atoms with van der Waals surface area (Å²) < 4.78 is 5.51. The van der Waals surface area contributed by atoms with E-state index in [4.69, 9.17) is 4.74 Å². The topological polar surface area (TPSA) is 9.23 Å². The lowest BCUT2D eigenvalue weighted by molar-refractivity contribution is -0.0488. The summed E-state index contributed by atoms with van der Waals surface area (Å²) in [5.74, 6) is 1.58. The first-order valence-electron chi connectivity index (χ1n) is 5.38. The van der Waals surface area contributed by atoms with Gasteiger partial charge < -0.3 is 4.74 Å². The fourth-order valence-electron chi connectivity index (χ4n) is 3.05. The molecule has 0 aliphatic heterocycles. The summed E-state index contributed by atoms with van der Waals surface area (Å²) in [6.45, 7) is 4.61. The zero-order valence-electron chi connectivity index (χ0n) is 8.92. The van der Waals surface area contributed by atoms with Crippen molar-refractivity contribution in [2.45, 2.75) is 39.2 Å². The molecule has 0 radical (unpaired) electrons. The summed E-state index contributed by atoms with van der Waals surface area (Å²) in [6.07, 6.45) is 9.32. The lowest BCUT2D eigenvalue weighted by Crippen LogP contribution is -2.44. The highest BCUT2D eigenvalue weighted by atomic mass is 16.5. The van der Waals surface area contributed by atoms with Crippen LogP contribution in [0.1, 0.15) is 33.1 Å². The second-order valence-corrected chi connectivity index (χ2v) is 4.92. The van der Waals surface area contributed by atoms with Crippen molar-refractivity contribution in [1.29, 1.82) is 0 Å². The molecular weight excluding hydrogens is 160 g/mol. The van der Waals surface area contributed by atoms with Crippen molar-refractivity contribution >= 4 is 0 Å². The second-order valence-electron chi connectivity index (χ2n) is 4.92. The molecule has 0 saturated heterocycles. The van der Waals surface area contributed by atoms with Crippen LogP contribution < -0.4 is 0 Å². The van der Waals surface area contributed by atoms with Gasteiger partial charge in [0.05, 0.1) is 6.10 Å². The van der Waals surface area contributed by atoms with E-state index in [2.05, 4.69) is 26.0 Å². The smallest absolute Gasteiger partial charge is 0.0602 e. The van der Waals surface area contributed by atoms with Crippen LogP contribution in [0.15, 0.2) is 12.2 Å². The van der Waals surface area contributed by atoms with Gasteiger partial charge >= 0.3 is 0 Å². The van der Waals surface area contributed by atoms with Crippen LogP contribution in [0.2, 0.25) is 0 Å². The Balaban J connectivity index is 2.20. The summed E-state index contributed by atoms with van der Waals surface area (Å²) in [7, 11) is 1.84. The highest BCUT2D eigenvalue weighted by Crippen LogP contribution is 2.51. The van der Waals surface area contributed by atoms with Crippen LogP contribution in [0.25, 0.3) is 0 Å². The van der Waals surface area contributed by atoms with Gasteiger partial charge in [-0.1, -0.05) is 19.1 Å². The molecule has 4 atom stereocenters. The fourth-order valence-corrected chi connectivity index (χ4v) is 3.05. The van der Waals surface area contributed by atoms with Gasteiger partial charge in [-0.25, -0.2) is 0 Å². The largest absolute Gasteiger partial charge is 0.381 e. The number of methoxy groups -OCH3 is 1. The van der Waals surface area contributed by atoms with E-state index < -0.39 is 0 Å². The summed E-state index contributed by atoms with van der Waals surface area (Å²) in [4.78, 5) is 0. The Morgan fingerprint density at radius 3 is 2.54 bits per heavy atom. The normalized spacial score (nSPS) is 45.2. The van der Waals surface area contributed by atoms with Gasteiger partial charge in [0.25, 0.3) is 0 Å². The molecule has 3 rings (SSSR count). The fraction of sp³-hybridized carbons (Fsp3) is 0.833. The maximum atomic E-state index is 5.51. The SMILES string of the molecule is COC(C)C1(C)CC2C=CC1CC2. The van der Waals surface area contributed by atoms with Crippen molar-refractivity contribution < 1.29 is 4.74 Å². The molecule has 0 aromatic rings. The Kier molecular flexibility index (Phi) is 2.23. The third-order valence-electron chi connectivity index (χ3n) is 4.30. The van der Waals surface area contributed by atoms with E-state index in [1.54, 1.807) is 0 Å². The molecule has 1 saturated carbocycles. The lowest BCUT2D eigenvalue weighted by Gasteiger charge is -2.49. The molecule has 1 heteroatoms. The Labute approximate surface area is 81.2 Å². The van der Waals surface area contributed by atoms with Gasteiger partial charge in [0.1, 0.15) is 0 Å². The minimum absolute atomic E-state index is 0.394. The maximum absolute atomic E-state index is 5.51. The Morgan fingerprint density at radius 2 is 2.15 bits per heavy atom. The number of hydrogen-bond donors (Lipinski definition) is 0. The molecule has 4 unspecified atom stereocenters. The van der Waals surface area contributed by atoms with Crippen molar-refractivity contribution in [1.82, 2.24) is 0 Å². The van der Waals surface area contributed by atoms with Crippen molar-refractivity contribution in [3.05, 3.63) is 12.2 Å². The molecule has 0 amide bonds. The van der Waals surface area contributed by atoms with Crippen molar-refractivity contribution in [3.8, 4) is 0 Å². The van der Waals surface area contributed by atoms with Crippen LogP contribution in [0.3, 0.4) is 0 Å². The highest BCUT2D eigenvalue weighted by molar-refractivity contribution is 5.11. The monoisotopic (exact) mass is 180 g/mol. The molecule has 74 valence electrons. The van der Waals surface area contributed by atoms with Crippen LogP contribution in [-0.4, -0.2) is 13.2 Å². The number of ether oxygens (including phenoxy) is 1. The molecule has 3 aliphatic carbocycles. The molecule has 0 aromatic heterocycles. The molecule has 1 fully saturated rings. The second kappa shape index (κ2) is 3.13. The molecule has 0 N–H and O–H groups in total. The first-order chi connectivity index (χ1) is 6.16. The van der Waals surface area contributed by atoms with Gasteiger partial charge in [-0.2, -0.15) is 0 Å². The Bertz CT molecular complexity index is 221. The van der Waals surface area contributed by atoms with Crippen LogP contribution in [-0.2, 0) is 4.74 Å². The lowest BCUT2D eigenvalue weighted by atomic mass is 9.58. The van der Waals surface area contributed by atoms with Gasteiger partial charge in [-0.3, -0.25) is 0 Å². The zero-order chi connectivity index (χ0) is 9.47. The van der Waals surface area contributed by atoms with Gasteiger partial charge in [-0.15, -0.1) is 0 Å². The molecule has 0 heterocycles. The van der Waals surface area contributed by atoms with Crippen molar-refractivity contribution in [2.24, 2.45) is 17.3 Å². The summed E-state index contributed by atoms with van der Waals surface area (Å²) in [5.41, 5.74) is 0.395. The standard InChI is InChI=1S/C12H20O/c1-9(13-3)12(2)8-10-4-6-11(12)7-5-10/h4,6,9-11H,5,7-8H2,1-3H3. The Morgan fingerprint density at radius 1 is 1.38 bits per heavy atom. The van der Waals surface area contributed by atoms with E-state index in [1.165, 1.54) is 19.3 Å². The third-order valence-corrected chi connectivity index (χ3v) is 4.30. The first-order valence-corrected chi connectivity index (χ1v) is 5.38. The predicted octanol–water partition coefficient (Wildman–Crippen LogP) is 3.01. The average Bonchev–Trinajstić information content (AvgIpc) is 2.18. The van der Waals surface area contributed by atoms with Crippen molar-refractivity contribution in [2.75, 3.05) is 7.11 Å². The van der Waals surface area contributed by atoms with Crippen molar-refractivity contribution in [3.63, 3.8) is 0 Å². The maximum Gasteiger partial charge on any atom is 0.0602 e. The summed E-state index contributed by atoms with van der Waals surface area (Å²) >= 11 is 0. The van der Waals surface area contributed by atoms with E-state index in [0.717, 1.165) is 11.8 Å². The average molecular weight is 180 g/mol.